The lowest BCUT2D eigenvalue weighted by Crippen LogP contribution is -2.43. The largest absolute Gasteiger partial charge is 0.460 e. The lowest BCUT2D eigenvalue weighted by atomic mass is 9.89. The van der Waals surface area contributed by atoms with Crippen LogP contribution in [0.25, 0.3) is 6.08 Å². The van der Waals surface area contributed by atoms with Crippen molar-refractivity contribution in [2.24, 2.45) is 5.92 Å². The van der Waals surface area contributed by atoms with Crippen LogP contribution < -0.4 is 10.6 Å². The molecule has 2 heterocycles. The van der Waals surface area contributed by atoms with Gasteiger partial charge in [-0.15, -0.1) is 0 Å². The zero-order valence-corrected chi connectivity index (χ0v) is 37.3. The fourth-order valence-electron chi connectivity index (χ4n) is 8.67. The van der Waals surface area contributed by atoms with Crippen molar-refractivity contribution in [1.29, 1.82) is 0 Å². The van der Waals surface area contributed by atoms with Crippen molar-refractivity contribution in [1.82, 2.24) is 10.6 Å². The highest BCUT2D eigenvalue weighted by Crippen LogP contribution is 2.43. The maximum absolute atomic E-state index is 13.9. The van der Waals surface area contributed by atoms with Crippen molar-refractivity contribution < 1.29 is 48.0 Å². The molecule has 4 aliphatic rings. The summed E-state index contributed by atoms with van der Waals surface area (Å²) in [5, 5.41) is 15.7. The highest BCUT2D eigenvalue weighted by atomic mass is 16.8. The molecule has 0 aromatic heterocycles. The molecule has 0 radical (unpaired) electrons. The number of aliphatic hydroxyl groups is 1. The Bertz CT molecular complexity index is 1890. The number of benzene rings is 2. The number of epoxide rings is 1. The number of hydrogen-bond donors (Lipinski definition) is 3. The van der Waals surface area contributed by atoms with Crippen LogP contribution in [-0.2, 0) is 39.8 Å². The van der Waals surface area contributed by atoms with Gasteiger partial charge in [0.2, 0.25) is 5.91 Å². The number of unbranched alkanes of at least 4 members (excludes halogenated alkanes) is 4. The van der Waals surface area contributed by atoms with E-state index in [0.29, 0.717) is 53.2 Å². The Morgan fingerprint density at radius 1 is 0.919 bits per heavy atom. The molecular formula is C50H68N2O10. The number of amides is 2. The predicted molar refractivity (Wildman–Crippen MR) is 236 cm³/mol. The minimum absolute atomic E-state index is 0.0466. The molecule has 2 saturated heterocycles. The van der Waals surface area contributed by atoms with E-state index >= 15 is 0 Å². The van der Waals surface area contributed by atoms with E-state index in [1.54, 1.807) is 51.1 Å². The van der Waals surface area contributed by atoms with Crippen LogP contribution in [0.5, 0.6) is 0 Å². The summed E-state index contributed by atoms with van der Waals surface area (Å²) in [7, 11) is 0. The maximum Gasteiger partial charge on any atom is 0.338 e. The number of carbonyl (C=O) groups is 4. The topological polar surface area (TPSA) is 162 Å². The molecule has 0 spiro atoms. The molecule has 2 aliphatic carbocycles. The molecule has 12 nitrogen and oxygen atoms in total. The first-order chi connectivity index (χ1) is 29.8. The Labute approximate surface area is 367 Å². The number of rotatable bonds is 21. The molecule has 2 aliphatic heterocycles. The van der Waals surface area contributed by atoms with Crippen molar-refractivity contribution in [2.75, 3.05) is 6.61 Å². The zero-order chi connectivity index (χ0) is 44.3. The Morgan fingerprint density at radius 2 is 1.66 bits per heavy atom. The first-order valence-electron chi connectivity index (χ1n) is 23.0. The average Bonchev–Trinajstić information content (AvgIpc) is 3.94. The van der Waals surface area contributed by atoms with Gasteiger partial charge in [-0.1, -0.05) is 75.9 Å². The lowest BCUT2D eigenvalue weighted by Gasteiger charge is -2.31. The molecule has 2 aromatic rings. The molecule has 3 N–H and O–H groups in total. The van der Waals surface area contributed by atoms with Crippen LogP contribution in [0, 0.1) is 5.92 Å². The number of hydrogen-bond acceptors (Lipinski definition) is 10. The van der Waals surface area contributed by atoms with Gasteiger partial charge in [-0.3, -0.25) is 14.4 Å². The number of nitrogens with one attached hydrogen (secondary N) is 2. The molecule has 7 unspecified atom stereocenters. The number of carbonyl (C=O) groups excluding carboxylic acids is 4. The zero-order valence-electron chi connectivity index (χ0n) is 37.3. The number of fused-ring (bicyclic) bond motifs is 2. The Balaban J connectivity index is 1.11. The molecule has 1 saturated carbocycles. The molecule has 2 aromatic carbocycles. The molecule has 62 heavy (non-hydrogen) atoms. The summed E-state index contributed by atoms with van der Waals surface area (Å²) in [4.78, 5) is 53.1. The monoisotopic (exact) mass is 856 g/mol. The Kier molecular flexibility index (Phi) is 16.6. The van der Waals surface area contributed by atoms with Gasteiger partial charge in [-0.05, 0) is 107 Å². The van der Waals surface area contributed by atoms with Crippen LogP contribution >= 0.6 is 0 Å². The minimum atomic E-state index is -0.836. The normalized spacial score (nSPS) is 24.3. The molecule has 6 rings (SSSR count). The van der Waals surface area contributed by atoms with Crippen LogP contribution in [0.2, 0.25) is 0 Å². The van der Waals surface area contributed by atoms with Gasteiger partial charge in [-0.25, -0.2) is 4.79 Å². The smallest absolute Gasteiger partial charge is 0.338 e. The van der Waals surface area contributed by atoms with Crippen molar-refractivity contribution in [3.63, 3.8) is 0 Å². The Hall–Kier alpha value is -4.36. The molecular weight excluding hydrogens is 789 g/mol. The van der Waals surface area contributed by atoms with E-state index in [1.807, 2.05) is 24.3 Å². The van der Waals surface area contributed by atoms with E-state index < -0.39 is 53.6 Å². The van der Waals surface area contributed by atoms with Gasteiger partial charge >= 0.3 is 11.9 Å². The number of ether oxygens (including phenoxy) is 5. The van der Waals surface area contributed by atoms with Gasteiger partial charge < -0.3 is 39.4 Å². The summed E-state index contributed by atoms with van der Waals surface area (Å²) in [6, 6.07) is 13.6. The average molecular weight is 857 g/mol. The Morgan fingerprint density at radius 3 is 2.34 bits per heavy atom. The molecule has 2 amide bonds. The third-order valence-corrected chi connectivity index (χ3v) is 12.1. The van der Waals surface area contributed by atoms with Crippen molar-refractivity contribution in [2.45, 2.75) is 179 Å². The molecule has 7 atom stereocenters. The van der Waals surface area contributed by atoms with Crippen LogP contribution in [-0.4, -0.2) is 83.4 Å². The fraction of sp³-hybridized carbons (Fsp3) is 0.600. The van der Waals surface area contributed by atoms with Crippen molar-refractivity contribution in [3.8, 4) is 0 Å². The van der Waals surface area contributed by atoms with Crippen LogP contribution in [0.4, 0.5) is 0 Å². The maximum atomic E-state index is 13.9. The van der Waals surface area contributed by atoms with E-state index in [1.165, 1.54) is 0 Å². The first kappa shape index (κ1) is 47.1. The minimum Gasteiger partial charge on any atom is -0.460 e. The van der Waals surface area contributed by atoms with Gasteiger partial charge in [0.25, 0.3) is 5.91 Å². The predicted octanol–water partition coefficient (Wildman–Crippen LogP) is 8.29. The summed E-state index contributed by atoms with van der Waals surface area (Å²) < 4.78 is 30.9. The fourth-order valence-corrected chi connectivity index (χ4v) is 8.67. The van der Waals surface area contributed by atoms with Gasteiger partial charge in [0.1, 0.15) is 23.9 Å². The van der Waals surface area contributed by atoms with E-state index in [9.17, 15) is 24.3 Å². The third-order valence-electron chi connectivity index (χ3n) is 12.1. The molecule has 338 valence electrons. The summed E-state index contributed by atoms with van der Waals surface area (Å²) in [5.41, 5.74) is 2.26. The number of aliphatic hydroxyl groups excluding tert-OH is 1. The van der Waals surface area contributed by atoms with Gasteiger partial charge in [-0.2, -0.15) is 0 Å². The van der Waals surface area contributed by atoms with Gasteiger partial charge in [0.15, 0.2) is 5.79 Å². The second-order valence-corrected chi connectivity index (χ2v) is 18.5. The van der Waals surface area contributed by atoms with E-state index in [4.69, 9.17) is 23.7 Å². The van der Waals surface area contributed by atoms with Crippen LogP contribution in [0.15, 0.2) is 66.3 Å². The lowest BCUT2D eigenvalue weighted by molar-refractivity contribution is -0.190. The second kappa shape index (κ2) is 21.8. The van der Waals surface area contributed by atoms with E-state index in [2.05, 4.69) is 36.6 Å². The number of esters is 2. The third kappa shape index (κ3) is 13.6. The van der Waals surface area contributed by atoms with Crippen molar-refractivity contribution in [3.05, 3.63) is 88.5 Å². The molecule has 0 bridgehead atoms. The van der Waals surface area contributed by atoms with Gasteiger partial charge in [0, 0.05) is 43.4 Å². The standard InChI is InChI=1S/C50H68N2O10/c1-6-8-10-25-50(26-11-9-7-2)60-43-30-38(46(55)51-31-35-13-12-14-37(27-35)47(56)52-39(32-53)22-24-44(54)61-49(3,4)5)29-42(45(43)62-50)59-48(57)36-20-17-33(18-21-36)15-16-34-19-23-40-41(28-34)58-40/h12-18,20-21,27,30,34,39-43,45,53H,6-11,19,22-26,28-29,31-32H2,1-5H3,(H,51,55)(H,52,56). The molecule has 12 heteroatoms. The quantitative estimate of drug-likeness (QED) is 0.0633. The summed E-state index contributed by atoms with van der Waals surface area (Å²) in [6.45, 7) is 9.46. The highest BCUT2D eigenvalue weighted by molar-refractivity contribution is 5.95. The highest BCUT2D eigenvalue weighted by Gasteiger charge is 2.52. The molecule has 3 fully saturated rings. The summed E-state index contributed by atoms with van der Waals surface area (Å²) in [5.74, 6) is -1.98. The second-order valence-electron chi connectivity index (χ2n) is 18.5. The summed E-state index contributed by atoms with van der Waals surface area (Å²) in [6.07, 6.45) is 16.3. The first-order valence-corrected chi connectivity index (χ1v) is 23.0. The van der Waals surface area contributed by atoms with Crippen LogP contribution in [0.3, 0.4) is 0 Å². The number of allylic oxidation sites excluding steroid dienone is 1. The van der Waals surface area contributed by atoms with Crippen molar-refractivity contribution >= 4 is 29.8 Å². The summed E-state index contributed by atoms with van der Waals surface area (Å²) >= 11 is 0. The van der Waals surface area contributed by atoms with Gasteiger partial charge in [0.05, 0.1) is 30.4 Å². The van der Waals surface area contributed by atoms with E-state index in [-0.39, 0.29) is 38.3 Å². The van der Waals surface area contributed by atoms with E-state index in [0.717, 1.165) is 63.4 Å². The SMILES string of the molecule is CCCCCC1(CCCCC)OC2C=C(C(=O)NCc3cccc(C(=O)NC(CO)CCC(=O)OC(C)(C)C)c3)CC(OC(=O)c3ccc(C=CC4CCC5OC5C4)cc3)C2O1. The van der Waals surface area contributed by atoms with Crippen LogP contribution in [0.1, 0.15) is 156 Å².